The summed E-state index contributed by atoms with van der Waals surface area (Å²) in [5.41, 5.74) is 0. The SMILES string of the molecule is CCCC(=O)OC[C@@H](OC)[C@@H](O[C@@H]1O[C@H](COC(=O)CCC)[C@H](OC(=O)CCC)[C@H](OC(=O)CCC)[C@H]1OC(=O)CCC)[C@@H](COC(=O)CCC)OC(=O)CCC. The highest BCUT2D eigenvalue weighted by Gasteiger charge is 2.55. The lowest BCUT2D eigenvalue weighted by Gasteiger charge is -2.46. The fourth-order valence-electron chi connectivity index (χ4n) is 5.62. The maximum atomic E-state index is 13.3. The van der Waals surface area contributed by atoms with Crippen molar-refractivity contribution in [2.75, 3.05) is 26.9 Å². The molecular weight excluding hydrogens is 752 g/mol. The summed E-state index contributed by atoms with van der Waals surface area (Å²) in [5.74, 6) is -4.56. The zero-order chi connectivity index (χ0) is 42.8. The number of esters is 7. The van der Waals surface area contributed by atoms with Crippen molar-refractivity contribution in [2.45, 2.75) is 187 Å². The summed E-state index contributed by atoms with van der Waals surface area (Å²) in [6.45, 7) is 10.9. The van der Waals surface area contributed by atoms with E-state index in [-0.39, 0.29) is 44.9 Å². The Bertz CT molecular complexity index is 1240. The number of methoxy groups -OCH3 is 1. The first-order valence-electron chi connectivity index (χ1n) is 20.4. The van der Waals surface area contributed by atoms with Gasteiger partial charge in [-0.15, -0.1) is 0 Å². The molecule has 17 nitrogen and oxygen atoms in total. The van der Waals surface area contributed by atoms with E-state index in [0.717, 1.165) is 0 Å². The van der Waals surface area contributed by atoms with E-state index in [1.54, 1.807) is 48.5 Å². The van der Waals surface area contributed by atoms with Gasteiger partial charge < -0.3 is 47.4 Å². The zero-order valence-electron chi connectivity index (χ0n) is 35.1. The second kappa shape index (κ2) is 29.4. The van der Waals surface area contributed by atoms with Crippen LogP contribution < -0.4 is 0 Å². The largest absolute Gasteiger partial charge is 0.463 e. The van der Waals surface area contributed by atoms with Crippen LogP contribution in [0.15, 0.2) is 0 Å². The number of rotatable bonds is 29. The van der Waals surface area contributed by atoms with Crippen LogP contribution in [-0.2, 0) is 80.9 Å². The average Bonchev–Trinajstić information content (AvgIpc) is 3.15. The van der Waals surface area contributed by atoms with E-state index >= 15 is 0 Å². The van der Waals surface area contributed by atoms with E-state index in [1.165, 1.54) is 7.11 Å². The van der Waals surface area contributed by atoms with Gasteiger partial charge in [-0.2, -0.15) is 0 Å². The molecule has 0 radical (unpaired) electrons. The van der Waals surface area contributed by atoms with E-state index < -0.39 is 111 Å². The maximum absolute atomic E-state index is 13.3. The molecule has 1 rings (SSSR count). The molecule has 1 heterocycles. The van der Waals surface area contributed by atoms with Crippen LogP contribution in [0.3, 0.4) is 0 Å². The van der Waals surface area contributed by atoms with Crippen molar-refractivity contribution in [1.82, 2.24) is 0 Å². The summed E-state index contributed by atoms with van der Waals surface area (Å²) in [4.78, 5) is 90.3. The molecule has 0 amide bonds. The van der Waals surface area contributed by atoms with Gasteiger partial charge in [0.15, 0.2) is 30.7 Å². The highest BCUT2D eigenvalue weighted by molar-refractivity contribution is 5.72. The van der Waals surface area contributed by atoms with Crippen LogP contribution in [0.25, 0.3) is 0 Å². The molecular formula is C40H66O17. The number of carbonyl (C=O) groups is 7. The van der Waals surface area contributed by atoms with Gasteiger partial charge in [-0.3, -0.25) is 33.6 Å². The molecule has 1 aliphatic rings. The normalized spacial score (nSPS) is 20.6. The molecule has 0 aromatic rings. The highest BCUT2D eigenvalue weighted by atomic mass is 16.7. The summed E-state index contributed by atoms with van der Waals surface area (Å²) >= 11 is 0. The lowest BCUT2D eigenvalue weighted by molar-refractivity contribution is -0.331. The minimum Gasteiger partial charge on any atom is -0.463 e. The van der Waals surface area contributed by atoms with Crippen LogP contribution >= 0.6 is 0 Å². The molecule has 8 atom stereocenters. The molecule has 1 fully saturated rings. The quantitative estimate of drug-likeness (QED) is 0.0718. The van der Waals surface area contributed by atoms with Gasteiger partial charge in [0.05, 0.1) is 0 Å². The molecule has 1 saturated heterocycles. The Morgan fingerprint density at radius 2 is 0.860 bits per heavy atom. The molecule has 0 bridgehead atoms. The molecule has 0 saturated carbocycles. The zero-order valence-corrected chi connectivity index (χ0v) is 35.1. The Morgan fingerprint density at radius 3 is 1.32 bits per heavy atom. The maximum Gasteiger partial charge on any atom is 0.306 e. The monoisotopic (exact) mass is 818 g/mol. The van der Waals surface area contributed by atoms with Gasteiger partial charge in [0.25, 0.3) is 0 Å². The molecule has 0 N–H and O–H groups in total. The summed E-state index contributed by atoms with van der Waals surface area (Å²) < 4.78 is 58.7. The Kier molecular flexibility index (Phi) is 26.4. The smallest absolute Gasteiger partial charge is 0.306 e. The topological polar surface area (TPSA) is 212 Å². The second-order valence-corrected chi connectivity index (χ2v) is 13.6. The molecule has 57 heavy (non-hydrogen) atoms. The molecule has 0 aromatic heterocycles. The Labute approximate surface area is 336 Å². The lowest BCUT2D eigenvalue weighted by Crippen LogP contribution is -2.64. The molecule has 0 aromatic carbocycles. The fourth-order valence-corrected chi connectivity index (χ4v) is 5.62. The van der Waals surface area contributed by atoms with Crippen LogP contribution in [0.2, 0.25) is 0 Å². The summed E-state index contributed by atoms with van der Waals surface area (Å²) in [5, 5.41) is 0. The second-order valence-electron chi connectivity index (χ2n) is 13.6. The first kappa shape index (κ1) is 51.2. The summed E-state index contributed by atoms with van der Waals surface area (Å²) in [6.07, 6.45) is -8.79. The van der Waals surface area contributed by atoms with Crippen LogP contribution in [0.1, 0.15) is 138 Å². The van der Waals surface area contributed by atoms with E-state index in [2.05, 4.69) is 0 Å². The van der Waals surface area contributed by atoms with Crippen LogP contribution in [0, 0.1) is 0 Å². The summed E-state index contributed by atoms with van der Waals surface area (Å²) in [6, 6.07) is 0. The van der Waals surface area contributed by atoms with Crippen molar-refractivity contribution in [3.05, 3.63) is 0 Å². The molecule has 17 heteroatoms. The van der Waals surface area contributed by atoms with E-state index in [0.29, 0.717) is 44.9 Å². The molecule has 0 aliphatic carbocycles. The van der Waals surface area contributed by atoms with Gasteiger partial charge in [0, 0.05) is 52.1 Å². The van der Waals surface area contributed by atoms with Gasteiger partial charge >= 0.3 is 41.8 Å². The molecule has 1 aliphatic heterocycles. The Morgan fingerprint density at radius 1 is 0.474 bits per heavy atom. The molecule has 0 unspecified atom stereocenters. The van der Waals surface area contributed by atoms with Crippen LogP contribution in [0.4, 0.5) is 0 Å². The number of hydrogen-bond acceptors (Lipinski definition) is 17. The van der Waals surface area contributed by atoms with Crippen molar-refractivity contribution in [1.29, 1.82) is 0 Å². The Hall–Kier alpha value is -3.83. The van der Waals surface area contributed by atoms with Gasteiger partial charge in [-0.05, 0) is 44.9 Å². The van der Waals surface area contributed by atoms with Crippen molar-refractivity contribution in [3.8, 4) is 0 Å². The average molecular weight is 819 g/mol. The fraction of sp³-hybridized carbons (Fsp3) is 0.825. The third-order valence-electron chi connectivity index (χ3n) is 8.41. The first-order chi connectivity index (χ1) is 27.3. The number of hydrogen-bond donors (Lipinski definition) is 0. The minimum absolute atomic E-state index is 0.0160. The highest BCUT2D eigenvalue weighted by Crippen LogP contribution is 2.33. The van der Waals surface area contributed by atoms with E-state index in [1.807, 2.05) is 0 Å². The lowest BCUT2D eigenvalue weighted by atomic mass is 9.97. The summed E-state index contributed by atoms with van der Waals surface area (Å²) in [7, 11) is 1.29. The van der Waals surface area contributed by atoms with Crippen LogP contribution in [-0.4, -0.2) is 118 Å². The number of carbonyl (C=O) groups excluding carboxylic acids is 7. The predicted octanol–water partition coefficient (Wildman–Crippen LogP) is 4.99. The third-order valence-corrected chi connectivity index (χ3v) is 8.41. The number of ether oxygens (including phenoxy) is 10. The van der Waals surface area contributed by atoms with Crippen molar-refractivity contribution < 1.29 is 80.9 Å². The third kappa shape index (κ3) is 19.4. The van der Waals surface area contributed by atoms with Gasteiger partial charge in [-0.25, -0.2) is 0 Å². The molecule has 328 valence electrons. The standard InChI is InChI=1S/C40H66O17/c1-9-16-29(41)49-23-26(48-8)36(27(52-32(44)19-12-4)24-50-30(42)17-10-2)57-40-39(56-35(47)22-15-7)38(55-34(46)21-14-6)37(54-33(45)20-13-5)28(53-40)25-51-31(43)18-11-3/h26-28,36-40H,9-25H2,1-8H3/t26-,27-,28-,36-,37+,38+,39-,40+/m1/s1. The van der Waals surface area contributed by atoms with Crippen molar-refractivity contribution in [2.24, 2.45) is 0 Å². The minimum atomic E-state index is -1.73. The predicted molar refractivity (Wildman–Crippen MR) is 201 cm³/mol. The van der Waals surface area contributed by atoms with Gasteiger partial charge in [-0.1, -0.05) is 48.5 Å². The van der Waals surface area contributed by atoms with E-state index in [9.17, 15) is 33.6 Å². The Balaban J connectivity index is 4.04. The van der Waals surface area contributed by atoms with E-state index in [4.69, 9.17) is 47.4 Å². The molecule has 0 spiro atoms. The van der Waals surface area contributed by atoms with Gasteiger partial charge in [0.1, 0.15) is 38.1 Å². The van der Waals surface area contributed by atoms with Crippen LogP contribution in [0.5, 0.6) is 0 Å². The first-order valence-corrected chi connectivity index (χ1v) is 20.4. The van der Waals surface area contributed by atoms with Crippen molar-refractivity contribution >= 4 is 41.8 Å². The van der Waals surface area contributed by atoms with Gasteiger partial charge in [0.2, 0.25) is 0 Å². The van der Waals surface area contributed by atoms with Crippen molar-refractivity contribution in [3.63, 3.8) is 0 Å².